The number of fused-ring (bicyclic) bond motifs is 2. The van der Waals surface area contributed by atoms with Gasteiger partial charge in [0.15, 0.2) is 11.6 Å². The number of ether oxygens (including phenoxy) is 1. The Balaban J connectivity index is 1.21. The number of amides is 1. The average Bonchev–Trinajstić information content (AvgIpc) is 3.08. The quantitative estimate of drug-likeness (QED) is 0.480. The first-order chi connectivity index (χ1) is 16.1. The molecule has 2 fully saturated rings. The number of hydrogen-bond acceptors (Lipinski definition) is 3. The van der Waals surface area contributed by atoms with E-state index in [9.17, 15) is 31.1 Å². The molecule has 180 valence electrons. The van der Waals surface area contributed by atoms with Crippen LogP contribution in [0.15, 0.2) is 36.5 Å². The van der Waals surface area contributed by atoms with Crippen molar-refractivity contribution in [1.82, 2.24) is 4.98 Å². The first-order valence-electron chi connectivity index (χ1n) is 10.6. The largest absolute Gasteiger partial charge is 0.411 e. The normalized spacial score (nSPS) is 21.7. The maximum absolute atomic E-state index is 14.8. The molecule has 11 heteroatoms. The van der Waals surface area contributed by atoms with E-state index in [0.29, 0.717) is 24.3 Å². The molecule has 1 aliphatic carbocycles. The lowest BCUT2D eigenvalue weighted by molar-refractivity contribution is -0.175. The fraction of sp³-hybridized carbons (Fsp3) is 0.348. The van der Waals surface area contributed by atoms with E-state index in [1.807, 2.05) is 4.90 Å². The Bertz CT molecular complexity index is 1250. The fourth-order valence-corrected chi connectivity index (χ4v) is 4.72. The predicted octanol–water partition coefficient (Wildman–Crippen LogP) is 5.10. The highest BCUT2D eigenvalue weighted by atomic mass is 19.4. The molecule has 2 N–H and O–H groups in total. The number of aromatic nitrogens is 1. The van der Waals surface area contributed by atoms with E-state index >= 15 is 0 Å². The molecule has 1 unspecified atom stereocenters. The smallest absolute Gasteiger partial charge is 0.372 e. The van der Waals surface area contributed by atoms with Crippen molar-refractivity contribution >= 4 is 28.2 Å². The number of rotatable bonds is 6. The summed E-state index contributed by atoms with van der Waals surface area (Å²) in [7, 11) is 0. The molecule has 2 heterocycles. The maximum Gasteiger partial charge on any atom is 0.411 e. The van der Waals surface area contributed by atoms with Gasteiger partial charge in [0, 0.05) is 36.3 Å². The lowest BCUT2D eigenvalue weighted by Gasteiger charge is -2.23. The van der Waals surface area contributed by atoms with Crippen LogP contribution in [-0.4, -0.2) is 43.4 Å². The lowest BCUT2D eigenvalue weighted by atomic mass is 10.1. The summed E-state index contributed by atoms with van der Waals surface area (Å²) < 4.78 is 83.1. The van der Waals surface area contributed by atoms with Gasteiger partial charge in [0.1, 0.15) is 12.4 Å². The van der Waals surface area contributed by atoms with Gasteiger partial charge in [-0.2, -0.15) is 13.2 Å². The highest BCUT2D eigenvalue weighted by molar-refractivity contribution is 6.09. The number of anilines is 2. The summed E-state index contributed by atoms with van der Waals surface area (Å²) in [6.07, 6.45) is -2.97. The van der Waals surface area contributed by atoms with Crippen molar-refractivity contribution in [2.45, 2.75) is 6.18 Å². The molecule has 1 saturated carbocycles. The molecular formula is C23H19F6N3O2. The van der Waals surface area contributed by atoms with E-state index in [1.54, 1.807) is 0 Å². The number of hydrogen-bond donors (Lipinski definition) is 2. The van der Waals surface area contributed by atoms with Crippen molar-refractivity contribution in [2.24, 2.45) is 17.8 Å². The van der Waals surface area contributed by atoms with E-state index in [-0.39, 0.29) is 41.0 Å². The number of carbonyl (C=O) groups is 1. The summed E-state index contributed by atoms with van der Waals surface area (Å²) in [5.74, 6) is -2.96. The topological polar surface area (TPSA) is 57.4 Å². The summed E-state index contributed by atoms with van der Waals surface area (Å²) in [6.45, 7) is -0.223. The minimum absolute atomic E-state index is 0.0364. The van der Waals surface area contributed by atoms with Gasteiger partial charge in [-0.1, -0.05) is 0 Å². The first-order valence-corrected chi connectivity index (χ1v) is 10.6. The van der Waals surface area contributed by atoms with Crippen LogP contribution in [0.2, 0.25) is 0 Å². The SMILES string of the molecule is O=C(Nc1c[nH]c2cc(F)c(F)cc12)c1ccc(N2C[C@@H]3C(COCC(F)(F)F)[C@@H]3C2)c(F)c1. The molecular weight excluding hydrogens is 464 g/mol. The summed E-state index contributed by atoms with van der Waals surface area (Å²) in [6, 6.07) is 5.96. The van der Waals surface area contributed by atoms with E-state index < -0.39 is 36.1 Å². The number of halogens is 6. The van der Waals surface area contributed by atoms with E-state index in [2.05, 4.69) is 10.3 Å². The molecule has 1 aliphatic heterocycles. The van der Waals surface area contributed by atoms with Crippen molar-refractivity contribution in [3.8, 4) is 0 Å². The van der Waals surface area contributed by atoms with Crippen molar-refractivity contribution in [3.05, 3.63) is 59.5 Å². The Hall–Kier alpha value is -3.21. The van der Waals surface area contributed by atoms with Gasteiger partial charge in [-0.25, -0.2) is 13.2 Å². The molecule has 0 spiro atoms. The van der Waals surface area contributed by atoms with Crippen LogP contribution in [-0.2, 0) is 4.74 Å². The molecule has 0 bridgehead atoms. The lowest BCUT2D eigenvalue weighted by Crippen LogP contribution is -2.27. The molecule has 34 heavy (non-hydrogen) atoms. The molecule has 2 aliphatic rings. The molecule has 2 aromatic carbocycles. The molecule has 1 amide bonds. The van der Waals surface area contributed by atoms with Crippen LogP contribution < -0.4 is 10.2 Å². The van der Waals surface area contributed by atoms with Crippen LogP contribution in [0, 0.1) is 35.2 Å². The Kier molecular flexibility index (Phi) is 5.46. The van der Waals surface area contributed by atoms with E-state index in [1.165, 1.54) is 18.3 Å². The highest BCUT2D eigenvalue weighted by Gasteiger charge is 2.56. The summed E-state index contributed by atoms with van der Waals surface area (Å²) >= 11 is 0. The second-order valence-corrected chi connectivity index (χ2v) is 8.66. The zero-order valence-electron chi connectivity index (χ0n) is 17.6. The van der Waals surface area contributed by atoms with Crippen molar-refractivity contribution in [1.29, 1.82) is 0 Å². The van der Waals surface area contributed by atoms with Crippen LogP contribution >= 0.6 is 0 Å². The molecule has 3 atom stereocenters. The summed E-state index contributed by atoms with van der Waals surface area (Å²) in [4.78, 5) is 17.1. The van der Waals surface area contributed by atoms with Gasteiger partial charge in [-0.05, 0) is 42.0 Å². The molecule has 3 aromatic rings. The summed E-state index contributed by atoms with van der Waals surface area (Å²) in [5, 5.41) is 2.83. The Labute approximate surface area is 189 Å². The third-order valence-electron chi connectivity index (χ3n) is 6.47. The highest BCUT2D eigenvalue weighted by Crippen LogP contribution is 2.53. The third kappa shape index (κ3) is 4.31. The van der Waals surface area contributed by atoms with Crippen molar-refractivity contribution < 1.29 is 35.9 Å². The monoisotopic (exact) mass is 483 g/mol. The van der Waals surface area contributed by atoms with Gasteiger partial charge < -0.3 is 19.9 Å². The number of nitrogens with zero attached hydrogens (tertiary/aromatic N) is 1. The zero-order chi connectivity index (χ0) is 24.2. The number of nitrogens with one attached hydrogen (secondary N) is 2. The van der Waals surface area contributed by atoms with Crippen molar-refractivity contribution in [2.75, 3.05) is 36.5 Å². The average molecular weight is 483 g/mol. The number of aromatic amines is 1. The fourth-order valence-electron chi connectivity index (χ4n) is 4.72. The predicted molar refractivity (Wildman–Crippen MR) is 112 cm³/mol. The third-order valence-corrected chi connectivity index (χ3v) is 6.47. The maximum atomic E-state index is 14.8. The molecule has 1 aromatic heterocycles. The Morgan fingerprint density at radius 1 is 1.06 bits per heavy atom. The minimum atomic E-state index is -4.35. The molecule has 0 radical (unpaired) electrons. The van der Waals surface area contributed by atoms with Gasteiger partial charge >= 0.3 is 6.18 Å². The molecule has 1 saturated heterocycles. The number of H-pyrrole nitrogens is 1. The van der Waals surface area contributed by atoms with E-state index in [0.717, 1.165) is 18.2 Å². The Morgan fingerprint density at radius 3 is 2.44 bits per heavy atom. The number of piperidine rings is 1. The van der Waals surface area contributed by atoms with Gasteiger partial charge in [0.2, 0.25) is 0 Å². The van der Waals surface area contributed by atoms with Gasteiger partial charge in [0.05, 0.1) is 23.5 Å². The standard InChI is InChI=1S/C23H19F6N3O2/c24-16-4-12-19(5-17(16)25)30-6-20(12)31-22(33)11-1-2-21(18(26)3-11)32-7-13-14(8-32)15(13)9-34-10-23(27,28)29/h1-6,13-15,30H,7-10H2,(H,31,33)/t13-,14+,15?. The van der Waals surface area contributed by atoms with Crippen LogP contribution in [0.25, 0.3) is 10.9 Å². The van der Waals surface area contributed by atoms with Gasteiger partial charge in [-0.15, -0.1) is 0 Å². The van der Waals surface area contributed by atoms with Gasteiger partial charge in [-0.3, -0.25) is 4.79 Å². The van der Waals surface area contributed by atoms with Gasteiger partial charge in [0.25, 0.3) is 5.91 Å². The molecule has 5 nitrogen and oxygen atoms in total. The number of alkyl halides is 3. The van der Waals surface area contributed by atoms with Crippen LogP contribution in [0.5, 0.6) is 0 Å². The van der Waals surface area contributed by atoms with Crippen LogP contribution in [0.1, 0.15) is 10.4 Å². The first kappa shape index (κ1) is 22.6. The number of benzene rings is 2. The second-order valence-electron chi connectivity index (χ2n) is 8.66. The van der Waals surface area contributed by atoms with E-state index in [4.69, 9.17) is 4.74 Å². The summed E-state index contributed by atoms with van der Waals surface area (Å²) in [5.41, 5.74) is 0.872. The molecule has 5 rings (SSSR count). The second kappa shape index (κ2) is 8.23. The van der Waals surface area contributed by atoms with Crippen molar-refractivity contribution in [3.63, 3.8) is 0 Å². The number of carbonyl (C=O) groups excluding carboxylic acids is 1. The van der Waals surface area contributed by atoms with Crippen LogP contribution in [0.4, 0.5) is 37.7 Å². The zero-order valence-corrected chi connectivity index (χ0v) is 17.6. The minimum Gasteiger partial charge on any atom is -0.372 e. The Morgan fingerprint density at radius 2 is 1.76 bits per heavy atom. The van der Waals surface area contributed by atoms with Crippen LogP contribution in [0.3, 0.4) is 0 Å².